The van der Waals surface area contributed by atoms with Gasteiger partial charge < -0.3 is 10.0 Å². The molecule has 0 aromatic heterocycles. The molecule has 14 heavy (non-hydrogen) atoms. The highest BCUT2D eigenvalue weighted by Gasteiger charge is 2.36. The van der Waals surface area contributed by atoms with E-state index in [4.69, 9.17) is 5.11 Å². The number of aliphatic hydroxyl groups excluding tert-OH is 1. The van der Waals surface area contributed by atoms with Crippen LogP contribution in [0.25, 0.3) is 0 Å². The molecule has 1 saturated carbocycles. The fourth-order valence-electron chi connectivity index (χ4n) is 2.51. The number of aliphatic hydroxyl groups is 1. The molecule has 0 heterocycles. The first-order valence-electron chi connectivity index (χ1n) is 6.01. The van der Waals surface area contributed by atoms with E-state index in [9.17, 15) is 0 Å². The van der Waals surface area contributed by atoms with E-state index < -0.39 is 0 Å². The van der Waals surface area contributed by atoms with E-state index in [-0.39, 0.29) is 0 Å². The predicted octanol–water partition coefficient (Wildman–Crippen LogP) is 2.13. The molecule has 0 spiro atoms. The molecule has 1 rings (SSSR count). The zero-order valence-electron chi connectivity index (χ0n) is 9.87. The lowest BCUT2D eigenvalue weighted by molar-refractivity contribution is 0.0438. The summed E-state index contributed by atoms with van der Waals surface area (Å²) in [5.41, 5.74) is 0. The third kappa shape index (κ3) is 2.71. The maximum atomic E-state index is 8.78. The molecule has 0 aromatic carbocycles. The lowest BCUT2D eigenvalue weighted by atomic mass is 9.70. The minimum atomic E-state index is 0.324. The topological polar surface area (TPSA) is 23.5 Å². The molecule has 0 aliphatic heterocycles. The molecule has 0 bridgehead atoms. The summed E-state index contributed by atoms with van der Waals surface area (Å²) in [6, 6.07) is 0.788. The van der Waals surface area contributed by atoms with Crippen LogP contribution in [-0.4, -0.2) is 36.2 Å². The van der Waals surface area contributed by atoms with Crippen LogP contribution >= 0.6 is 0 Å². The van der Waals surface area contributed by atoms with Gasteiger partial charge in [0.1, 0.15) is 0 Å². The van der Waals surface area contributed by atoms with Gasteiger partial charge in [-0.25, -0.2) is 0 Å². The maximum Gasteiger partial charge on any atom is 0.0443 e. The third-order valence-electron chi connectivity index (χ3n) is 3.90. The number of nitrogens with zero attached hydrogens (tertiary/aromatic N) is 1. The monoisotopic (exact) mass is 199 g/mol. The zero-order valence-corrected chi connectivity index (χ0v) is 9.87. The van der Waals surface area contributed by atoms with Gasteiger partial charge in [0.15, 0.2) is 0 Å². The minimum absolute atomic E-state index is 0.324. The Bertz CT molecular complexity index is 160. The van der Waals surface area contributed by atoms with Crippen molar-refractivity contribution in [1.82, 2.24) is 4.90 Å². The standard InChI is InChI=1S/C12H25NO/c1-4-10(2)11-6-7-12(11)13(3)8-5-9-14/h10-12,14H,4-9H2,1-3H3. The average Bonchev–Trinajstić information content (AvgIpc) is 2.12. The van der Waals surface area contributed by atoms with Crippen molar-refractivity contribution in [2.75, 3.05) is 20.2 Å². The molecule has 1 aliphatic carbocycles. The van der Waals surface area contributed by atoms with Crippen molar-refractivity contribution in [1.29, 1.82) is 0 Å². The van der Waals surface area contributed by atoms with Crippen molar-refractivity contribution in [3.63, 3.8) is 0 Å². The fraction of sp³-hybridized carbons (Fsp3) is 1.00. The zero-order chi connectivity index (χ0) is 10.6. The Labute approximate surface area is 88.3 Å². The quantitative estimate of drug-likeness (QED) is 0.708. The molecule has 3 unspecified atom stereocenters. The average molecular weight is 199 g/mol. The molecule has 84 valence electrons. The second kappa shape index (κ2) is 5.72. The van der Waals surface area contributed by atoms with E-state index in [0.29, 0.717) is 6.61 Å². The molecule has 0 amide bonds. The van der Waals surface area contributed by atoms with Gasteiger partial charge in [-0.2, -0.15) is 0 Å². The van der Waals surface area contributed by atoms with Crippen LogP contribution in [0.4, 0.5) is 0 Å². The van der Waals surface area contributed by atoms with Gasteiger partial charge in [-0.3, -0.25) is 0 Å². The van der Waals surface area contributed by atoms with Gasteiger partial charge in [0.25, 0.3) is 0 Å². The van der Waals surface area contributed by atoms with Crippen LogP contribution < -0.4 is 0 Å². The van der Waals surface area contributed by atoms with Gasteiger partial charge in [0, 0.05) is 19.2 Å². The molecule has 2 nitrogen and oxygen atoms in total. The smallest absolute Gasteiger partial charge is 0.0443 e. The van der Waals surface area contributed by atoms with E-state index >= 15 is 0 Å². The normalized spacial score (nSPS) is 28.9. The van der Waals surface area contributed by atoms with E-state index in [2.05, 4.69) is 25.8 Å². The lowest BCUT2D eigenvalue weighted by Gasteiger charge is -2.45. The predicted molar refractivity (Wildman–Crippen MR) is 60.3 cm³/mol. The highest BCUT2D eigenvalue weighted by Crippen LogP contribution is 2.38. The molecule has 0 saturated heterocycles. The van der Waals surface area contributed by atoms with Crippen molar-refractivity contribution >= 4 is 0 Å². The van der Waals surface area contributed by atoms with Crippen LogP contribution in [0.1, 0.15) is 39.5 Å². The summed E-state index contributed by atoms with van der Waals surface area (Å²) in [4.78, 5) is 2.44. The molecule has 0 aromatic rings. The Morgan fingerprint density at radius 2 is 2.14 bits per heavy atom. The summed E-state index contributed by atoms with van der Waals surface area (Å²) in [5, 5.41) is 8.78. The largest absolute Gasteiger partial charge is 0.396 e. The van der Waals surface area contributed by atoms with E-state index in [1.165, 1.54) is 19.3 Å². The molecule has 3 atom stereocenters. The molecular formula is C12H25NO. The van der Waals surface area contributed by atoms with E-state index in [0.717, 1.165) is 30.8 Å². The van der Waals surface area contributed by atoms with Crippen molar-refractivity contribution < 1.29 is 5.11 Å². The van der Waals surface area contributed by atoms with Crippen LogP contribution in [0.5, 0.6) is 0 Å². The summed E-state index contributed by atoms with van der Waals surface area (Å²) < 4.78 is 0. The van der Waals surface area contributed by atoms with Gasteiger partial charge >= 0.3 is 0 Å². The number of rotatable bonds is 6. The molecule has 1 aliphatic rings. The maximum absolute atomic E-state index is 8.78. The van der Waals surface area contributed by atoms with Crippen LogP contribution in [0.15, 0.2) is 0 Å². The first-order chi connectivity index (χ1) is 6.70. The Hall–Kier alpha value is -0.0800. The summed E-state index contributed by atoms with van der Waals surface area (Å²) >= 11 is 0. The van der Waals surface area contributed by atoms with Crippen molar-refractivity contribution in [3.8, 4) is 0 Å². The SMILES string of the molecule is CCC(C)C1CCC1N(C)CCCO. The van der Waals surface area contributed by atoms with Crippen LogP contribution in [0.2, 0.25) is 0 Å². The van der Waals surface area contributed by atoms with Gasteiger partial charge in [-0.15, -0.1) is 0 Å². The van der Waals surface area contributed by atoms with Crippen molar-refractivity contribution in [2.24, 2.45) is 11.8 Å². The molecule has 2 heteroatoms. The molecule has 1 N–H and O–H groups in total. The van der Waals surface area contributed by atoms with Crippen molar-refractivity contribution in [2.45, 2.75) is 45.6 Å². The first kappa shape index (κ1) is 12.0. The number of hydrogen-bond acceptors (Lipinski definition) is 2. The number of hydrogen-bond donors (Lipinski definition) is 1. The molecule has 0 radical (unpaired) electrons. The summed E-state index contributed by atoms with van der Waals surface area (Å²) in [7, 11) is 2.20. The van der Waals surface area contributed by atoms with E-state index in [1.807, 2.05) is 0 Å². The minimum Gasteiger partial charge on any atom is -0.396 e. The molecular weight excluding hydrogens is 174 g/mol. The van der Waals surface area contributed by atoms with Gasteiger partial charge in [-0.05, 0) is 38.1 Å². The van der Waals surface area contributed by atoms with Gasteiger partial charge in [0.2, 0.25) is 0 Å². The third-order valence-corrected chi connectivity index (χ3v) is 3.90. The molecule has 1 fully saturated rings. The Balaban J connectivity index is 2.30. The van der Waals surface area contributed by atoms with Crippen LogP contribution in [0, 0.1) is 11.8 Å². The van der Waals surface area contributed by atoms with Crippen molar-refractivity contribution in [3.05, 3.63) is 0 Å². The highest BCUT2D eigenvalue weighted by molar-refractivity contribution is 4.89. The Morgan fingerprint density at radius 1 is 1.43 bits per heavy atom. The van der Waals surface area contributed by atoms with Crippen LogP contribution in [-0.2, 0) is 0 Å². The van der Waals surface area contributed by atoms with Gasteiger partial charge in [0.05, 0.1) is 0 Å². The summed E-state index contributed by atoms with van der Waals surface area (Å²) in [6.07, 6.45) is 4.98. The second-order valence-electron chi connectivity index (χ2n) is 4.75. The second-order valence-corrected chi connectivity index (χ2v) is 4.75. The van der Waals surface area contributed by atoms with E-state index in [1.54, 1.807) is 0 Å². The lowest BCUT2D eigenvalue weighted by Crippen LogP contribution is -2.48. The first-order valence-corrected chi connectivity index (χ1v) is 6.01. The summed E-state index contributed by atoms with van der Waals surface area (Å²) in [6.45, 7) is 6.03. The summed E-state index contributed by atoms with van der Waals surface area (Å²) in [5.74, 6) is 1.77. The highest BCUT2D eigenvalue weighted by atomic mass is 16.3. The Morgan fingerprint density at radius 3 is 2.57 bits per heavy atom. The Kier molecular flexibility index (Phi) is 4.90. The van der Waals surface area contributed by atoms with Crippen LogP contribution in [0.3, 0.4) is 0 Å². The fourth-order valence-corrected chi connectivity index (χ4v) is 2.51. The van der Waals surface area contributed by atoms with Gasteiger partial charge in [-0.1, -0.05) is 20.3 Å².